The van der Waals surface area contributed by atoms with Crippen LogP contribution in [0.4, 0.5) is 5.69 Å². The normalized spacial score (nSPS) is 17.8. The van der Waals surface area contributed by atoms with Gasteiger partial charge in [0.05, 0.1) is 0 Å². The molecule has 2 unspecified atom stereocenters. The minimum atomic E-state index is -3.55. The molecule has 0 bridgehead atoms. The van der Waals surface area contributed by atoms with E-state index >= 15 is 0 Å². The maximum atomic E-state index is 13.2. The predicted molar refractivity (Wildman–Crippen MR) is 104 cm³/mol. The van der Waals surface area contributed by atoms with Gasteiger partial charge in [0, 0.05) is 24.4 Å². The second kappa shape index (κ2) is 7.60. The first-order valence-corrected chi connectivity index (χ1v) is 10.7. The molecular formula is C20H24N2O3S. The molecule has 0 radical (unpaired) electrons. The van der Waals surface area contributed by atoms with Gasteiger partial charge in [-0.05, 0) is 36.6 Å². The maximum absolute atomic E-state index is 13.2. The largest absolute Gasteiger partial charge is 0.330 e. The summed E-state index contributed by atoms with van der Waals surface area (Å²) in [6.07, 6.45) is 2.08. The minimum Gasteiger partial charge on any atom is -0.330 e. The highest BCUT2D eigenvalue weighted by atomic mass is 32.2. The average molecular weight is 372 g/mol. The Morgan fingerprint density at radius 2 is 1.81 bits per heavy atom. The number of fused-ring (bicyclic) bond motifs is 1. The summed E-state index contributed by atoms with van der Waals surface area (Å²) in [6, 6.07) is 16.9. The van der Waals surface area contributed by atoms with Gasteiger partial charge in [0.2, 0.25) is 5.91 Å². The molecule has 5 nitrogen and oxygen atoms in total. The highest BCUT2D eigenvalue weighted by molar-refractivity contribution is 7.92. The number of carbonyl (C=O) groups is 1. The summed E-state index contributed by atoms with van der Waals surface area (Å²) >= 11 is 0. The van der Waals surface area contributed by atoms with Crippen molar-refractivity contribution in [3.63, 3.8) is 0 Å². The van der Waals surface area contributed by atoms with E-state index in [0.717, 1.165) is 29.5 Å². The molecule has 2 atom stereocenters. The summed E-state index contributed by atoms with van der Waals surface area (Å²) in [5.41, 5.74) is 8.43. The molecule has 3 rings (SSSR count). The first-order chi connectivity index (χ1) is 12.4. The van der Waals surface area contributed by atoms with Crippen LogP contribution >= 0.6 is 0 Å². The van der Waals surface area contributed by atoms with Crippen molar-refractivity contribution < 1.29 is 13.2 Å². The van der Waals surface area contributed by atoms with E-state index in [1.807, 2.05) is 54.6 Å². The van der Waals surface area contributed by atoms with Crippen LogP contribution in [0, 0.1) is 0 Å². The molecule has 0 fully saturated rings. The molecule has 0 aliphatic carbocycles. The monoisotopic (exact) mass is 372 g/mol. The van der Waals surface area contributed by atoms with Crippen LogP contribution in [0.5, 0.6) is 0 Å². The molecule has 1 aliphatic heterocycles. The lowest BCUT2D eigenvalue weighted by Gasteiger charge is -2.23. The summed E-state index contributed by atoms with van der Waals surface area (Å²) in [4.78, 5) is 14.9. The molecule has 0 spiro atoms. The number of benzene rings is 2. The Morgan fingerprint density at radius 1 is 1.15 bits per heavy atom. The topological polar surface area (TPSA) is 80.5 Å². The summed E-state index contributed by atoms with van der Waals surface area (Å²) in [7, 11) is -3.55. The van der Waals surface area contributed by atoms with E-state index in [0.29, 0.717) is 13.1 Å². The van der Waals surface area contributed by atoms with E-state index in [-0.39, 0.29) is 18.2 Å². The third-order valence-corrected chi connectivity index (χ3v) is 6.31. The van der Waals surface area contributed by atoms with Crippen molar-refractivity contribution in [1.82, 2.24) is 0 Å². The maximum Gasteiger partial charge on any atom is 0.245 e. The highest BCUT2D eigenvalue weighted by Crippen LogP contribution is 2.38. The Morgan fingerprint density at radius 3 is 2.46 bits per heavy atom. The summed E-state index contributed by atoms with van der Waals surface area (Å²) in [6.45, 7) is 1.01. The fourth-order valence-electron chi connectivity index (χ4n) is 3.58. The van der Waals surface area contributed by atoms with Crippen LogP contribution in [0.15, 0.2) is 54.6 Å². The smallest absolute Gasteiger partial charge is 0.245 e. The van der Waals surface area contributed by atoms with Gasteiger partial charge in [-0.25, -0.2) is 8.42 Å². The van der Waals surface area contributed by atoms with Crippen LogP contribution in [-0.4, -0.2) is 38.9 Å². The van der Waals surface area contributed by atoms with E-state index < -0.39 is 15.1 Å². The van der Waals surface area contributed by atoms with Crippen LogP contribution in [0.2, 0.25) is 0 Å². The molecule has 2 aromatic rings. The molecule has 0 saturated heterocycles. The summed E-state index contributed by atoms with van der Waals surface area (Å²) in [5.74, 6) is -0.208. The van der Waals surface area contributed by atoms with Crippen LogP contribution in [0.25, 0.3) is 0 Å². The van der Waals surface area contributed by atoms with Crippen molar-refractivity contribution in [2.45, 2.75) is 24.0 Å². The van der Waals surface area contributed by atoms with E-state index in [4.69, 9.17) is 5.73 Å². The van der Waals surface area contributed by atoms with Crippen molar-refractivity contribution in [2.75, 3.05) is 24.2 Å². The standard InChI is InChI=1S/C20H24N2O3S/c1-26(24,25)19(13-15-7-3-2-4-8-15)20(23)22-14-16(11-12-21)17-9-5-6-10-18(17)22/h2-10,16,19H,11-14,21H2,1H3. The first-order valence-electron chi connectivity index (χ1n) is 8.75. The van der Waals surface area contributed by atoms with Crippen molar-refractivity contribution in [2.24, 2.45) is 5.73 Å². The third kappa shape index (κ3) is 3.81. The minimum absolute atomic E-state index is 0.150. The van der Waals surface area contributed by atoms with Gasteiger partial charge in [-0.3, -0.25) is 4.79 Å². The van der Waals surface area contributed by atoms with Crippen LogP contribution in [0.1, 0.15) is 23.5 Å². The van der Waals surface area contributed by atoms with Gasteiger partial charge < -0.3 is 10.6 Å². The van der Waals surface area contributed by atoms with Gasteiger partial charge in [0.25, 0.3) is 0 Å². The quantitative estimate of drug-likeness (QED) is 0.842. The molecule has 6 heteroatoms. The van der Waals surface area contributed by atoms with E-state index in [1.54, 1.807) is 4.90 Å². The van der Waals surface area contributed by atoms with Gasteiger partial charge >= 0.3 is 0 Å². The third-order valence-electron chi connectivity index (χ3n) is 4.91. The number of rotatable bonds is 6. The molecule has 26 heavy (non-hydrogen) atoms. The Hall–Kier alpha value is -2.18. The SMILES string of the molecule is CS(=O)(=O)C(Cc1ccccc1)C(=O)N1CC(CCN)c2ccccc21. The van der Waals surface area contributed by atoms with E-state index in [9.17, 15) is 13.2 Å². The van der Waals surface area contributed by atoms with Gasteiger partial charge in [0.15, 0.2) is 9.84 Å². The number of para-hydroxylation sites is 1. The second-order valence-corrected chi connectivity index (χ2v) is 9.02. The number of amides is 1. The average Bonchev–Trinajstić information content (AvgIpc) is 2.98. The van der Waals surface area contributed by atoms with Gasteiger partial charge in [-0.2, -0.15) is 0 Å². The lowest BCUT2D eigenvalue weighted by atomic mass is 9.98. The number of hydrogen-bond acceptors (Lipinski definition) is 4. The Balaban J connectivity index is 1.92. The van der Waals surface area contributed by atoms with E-state index in [2.05, 4.69) is 0 Å². The molecule has 1 aliphatic rings. The molecule has 2 aromatic carbocycles. The predicted octanol–water partition coefficient (Wildman–Crippen LogP) is 2.12. The Kier molecular flexibility index (Phi) is 5.44. The van der Waals surface area contributed by atoms with Crippen molar-refractivity contribution in [1.29, 1.82) is 0 Å². The Labute approximate surface area is 154 Å². The molecule has 0 aromatic heterocycles. The van der Waals surface area contributed by atoms with Crippen molar-refractivity contribution in [3.8, 4) is 0 Å². The molecule has 0 saturated carbocycles. The number of nitrogens with zero attached hydrogens (tertiary/aromatic N) is 1. The number of carbonyl (C=O) groups excluding carboxylic acids is 1. The van der Waals surface area contributed by atoms with Crippen LogP contribution in [-0.2, 0) is 21.1 Å². The zero-order valence-electron chi connectivity index (χ0n) is 14.8. The van der Waals surface area contributed by atoms with Crippen molar-refractivity contribution >= 4 is 21.4 Å². The summed E-state index contributed by atoms with van der Waals surface area (Å²) in [5, 5.41) is -1.09. The number of sulfone groups is 1. The lowest BCUT2D eigenvalue weighted by Crippen LogP contribution is -2.43. The molecule has 1 heterocycles. The molecule has 2 N–H and O–H groups in total. The fraction of sp³-hybridized carbons (Fsp3) is 0.350. The van der Waals surface area contributed by atoms with Gasteiger partial charge in [-0.15, -0.1) is 0 Å². The molecular weight excluding hydrogens is 348 g/mol. The molecule has 1 amide bonds. The first kappa shape index (κ1) is 18.6. The van der Waals surface area contributed by atoms with Crippen molar-refractivity contribution in [3.05, 3.63) is 65.7 Å². The van der Waals surface area contributed by atoms with Gasteiger partial charge in [0.1, 0.15) is 5.25 Å². The fourth-order valence-corrected chi connectivity index (χ4v) is 4.56. The van der Waals surface area contributed by atoms with Crippen LogP contribution in [0.3, 0.4) is 0 Å². The number of anilines is 1. The zero-order valence-corrected chi connectivity index (χ0v) is 15.7. The lowest BCUT2D eigenvalue weighted by molar-refractivity contribution is -0.118. The zero-order chi connectivity index (χ0) is 18.7. The highest BCUT2D eigenvalue weighted by Gasteiger charge is 2.38. The van der Waals surface area contributed by atoms with E-state index in [1.165, 1.54) is 0 Å². The summed E-state index contributed by atoms with van der Waals surface area (Å²) < 4.78 is 24.8. The second-order valence-electron chi connectivity index (χ2n) is 6.79. The molecule has 138 valence electrons. The number of hydrogen-bond donors (Lipinski definition) is 1. The van der Waals surface area contributed by atoms with Crippen LogP contribution < -0.4 is 10.6 Å². The Bertz CT molecular complexity index is 881. The number of nitrogens with two attached hydrogens (primary N) is 1. The van der Waals surface area contributed by atoms with Gasteiger partial charge in [-0.1, -0.05) is 48.5 Å².